The van der Waals surface area contributed by atoms with Gasteiger partial charge in [-0.2, -0.15) is 9.41 Å². The number of piperidine rings is 1. The highest BCUT2D eigenvalue weighted by atomic mass is 32.2. The number of hydrogen-bond donors (Lipinski definition) is 1. The van der Waals surface area contributed by atoms with Crippen molar-refractivity contribution in [1.82, 2.24) is 4.31 Å². The van der Waals surface area contributed by atoms with Gasteiger partial charge in [-0.15, -0.1) is 0 Å². The van der Waals surface area contributed by atoms with Gasteiger partial charge in [0.15, 0.2) is 0 Å². The van der Waals surface area contributed by atoms with Gasteiger partial charge >= 0.3 is 0 Å². The lowest BCUT2D eigenvalue weighted by Gasteiger charge is -2.37. The van der Waals surface area contributed by atoms with Gasteiger partial charge < -0.3 is 4.42 Å². The Kier molecular flexibility index (Phi) is 5.80. The molecule has 28 heavy (non-hydrogen) atoms. The van der Waals surface area contributed by atoms with Crippen molar-refractivity contribution >= 4 is 27.6 Å². The SMILES string of the molecule is C[C@@H]1CCC[C@H](C)N1S(=O)(=O)c1cc([N+](=O)[O-])ccc1N/N=C\c1ccco1. The molecule has 9 nitrogen and oxygen atoms in total. The molecule has 1 aliphatic rings. The first kappa shape index (κ1) is 20.0. The fourth-order valence-electron chi connectivity index (χ4n) is 3.45. The number of nitro groups is 1. The minimum atomic E-state index is -3.96. The van der Waals surface area contributed by atoms with E-state index >= 15 is 0 Å². The average Bonchev–Trinajstić information content (AvgIpc) is 3.14. The lowest BCUT2D eigenvalue weighted by molar-refractivity contribution is -0.385. The summed E-state index contributed by atoms with van der Waals surface area (Å²) < 4.78 is 33.4. The lowest BCUT2D eigenvalue weighted by atomic mass is 10.0. The average molecular weight is 406 g/mol. The van der Waals surface area contributed by atoms with Crippen molar-refractivity contribution in [2.75, 3.05) is 5.43 Å². The van der Waals surface area contributed by atoms with Gasteiger partial charge in [-0.3, -0.25) is 15.5 Å². The van der Waals surface area contributed by atoms with E-state index < -0.39 is 14.9 Å². The van der Waals surface area contributed by atoms with Gasteiger partial charge in [-0.05, 0) is 44.9 Å². The molecule has 1 aliphatic heterocycles. The molecular formula is C18H22N4O5S. The van der Waals surface area contributed by atoms with Gasteiger partial charge in [0.1, 0.15) is 10.7 Å². The lowest BCUT2D eigenvalue weighted by Crippen LogP contribution is -2.47. The number of furan rings is 1. The molecule has 0 unspecified atom stereocenters. The van der Waals surface area contributed by atoms with Gasteiger partial charge in [-0.1, -0.05) is 6.42 Å². The van der Waals surface area contributed by atoms with E-state index in [1.807, 2.05) is 13.8 Å². The molecule has 1 fully saturated rings. The van der Waals surface area contributed by atoms with Crippen LogP contribution in [0.5, 0.6) is 0 Å². The molecule has 10 heteroatoms. The van der Waals surface area contributed by atoms with E-state index in [0.717, 1.165) is 25.3 Å². The molecule has 2 atom stereocenters. The predicted octanol–water partition coefficient (Wildman–Crippen LogP) is 3.59. The van der Waals surface area contributed by atoms with Crippen molar-refractivity contribution in [1.29, 1.82) is 0 Å². The molecule has 3 rings (SSSR count). The zero-order chi connectivity index (χ0) is 20.3. The second-order valence-electron chi connectivity index (χ2n) is 6.79. The summed E-state index contributed by atoms with van der Waals surface area (Å²) in [6.07, 6.45) is 5.32. The quantitative estimate of drug-likeness (QED) is 0.445. The zero-order valence-electron chi connectivity index (χ0n) is 15.6. The fraction of sp³-hybridized carbons (Fsp3) is 0.389. The first-order valence-corrected chi connectivity index (χ1v) is 10.4. The van der Waals surface area contributed by atoms with Crippen LogP contribution < -0.4 is 5.43 Å². The summed E-state index contributed by atoms with van der Waals surface area (Å²) in [6.45, 7) is 3.71. The summed E-state index contributed by atoms with van der Waals surface area (Å²) in [4.78, 5) is 10.4. The Labute approximate surface area is 163 Å². The summed E-state index contributed by atoms with van der Waals surface area (Å²) in [5.41, 5.74) is 2.54. The number of nitrogens with zero attached hydrogens (tertiary/aromatic N) is 3. The number of rotatable bonds is 6. The number of non-ortho nitro benzene ring substituents is 1. The van der Waals surface area contributed by atoms with E-state index in [-0.39, 0.29) is 28.4 Å². The third kappa shape index (κ3) is 4.07. The van der Waals surface area contributed by atoms with Gasteiger partial charge in [0, 0.05) is 24.2 Å². The molecule has 1 aromatic carbocycles. The molecule has 2 heterocycles. The maximum Gasteiger partial charge on any atom is 0.270 e. The Balaban J connectivity index is 2.00. The molecule has 0 spiro atoms. The van der Waals surface area contributed by atoms with Crippen molar-refractivity contribution in [2.45, 2.75) is 50.1 Å². The summed E-state index contributed by atoms with van der Waals surface area (Å²) in [5.74, 6) is 0.483. The van der Waals surface area contributed by atoms with Crippen molar-refractivity contribution < 1.29 is 17.8 Å². The monoisotopic (exact) mass is 406 g/mol. The normalized spacial score (nSPS) is 21.1. The zero-order valence-corrected chi connectivity index (χ0v) is 16.4. The largest absolute Gasteiger partial charge is 0.463 e. The third-order valence-electron chi connectivity index (χ3n) is 4.76. The smallest absolute Gasteiger partial charge is 0.270 e. The van der Waals surface area contributed by atoms with Crippen LogP contribution in [0.15, 0.2) is 51.0 Å². The fourth-order valence-corrected chi connectivity index (χ4v) is 5.49. The van der Waals surface area contributed by atoms with Crippen LogP contribution in [0, 0.1) is 10.1 Å². The number of nitrogens with one attached hydrogen (secondary N) is 1. The van der Waals surface area contributed by atoms with E-state index in [2.05, 4.69) is 10.5 Å². The minimum absolute atomic E-state index is 0.165. The maximum atomic E-state index is 13.4. The van der Waals surface area contributed by atoms with Crippen LogP contribution in [0.3, 0.4) is 0 Å². The number of hydrazone groups is 1. The highest BCUT2D eigenvalue weighted by Crippen LogP contribution is 2.34. The number of hydrogen-bond acceptors (Lipinski definition) is 7. The maximum absolute atomic E-state index is 13.4. The van der Waals surface area contributed by atoms with E-state index in [4.69, 9.17) is 4.42 Å². The van der Waals surface area contributed by atoms with Crippen LogP contribution in [-0.4, -0.2) is 35.9 Å². The number of nitro benzene ring substituents is 1. The van der Waals surface area contributed by atoms with Crippen molar-refractivity contribution in [3.63, 3.8) is 0 Å². The molecule has 1 N–H and O–H groups in total. The molecule has 0 radical (unpaired) electrons. The highest BCUT2D eigenvalue weighted by molar-refractivity contribution is 7.89. The van der Waals surface area contributed by atoms with Crippen LogP contribution in [0.4, 0.5) is 11.4 Å². The van der Waals surface area contributed by atoms with E-state index in [9.17, 15) is 18.5 Å². The number of sulfonamides is 1. The van der Waals surface area contributed by atoms with Gasteiger partial charge in [-0.25, -0.2) is 8.42 Å². The summed E-state index contributed by atoms with van der Waals surface area (Å²) in [7, 11) is -3.96. The van der Waals surface area contributed by atoms with Crippen molar-refractivity contribution in [3.05, 3.63) is 52.5 Å². The van der Waals surface area contributed by atoms with Crippen LogP contribution in [0.1, 0.15) is 38.9 Å². The molecule has 150 valence electrons. The predicted molar refractivity (Wildman–Crippen MR) is 105 cm³/mol. The molecule has 0 amide bonds. The summed E-state index contributed by atoms with van der Waals surface area (Å²) in [5, 5.41) is 15.2. The Hall–Kier alpha value is -2.72. The Morgan fingerprint density at radius 3 is 2.61 bits per heavy atom. The van der Waals surface area contributed by atoms with Crippen LogP contribution in [0.2, 0.25) is 0 Å². The molecule has 1 saturated heterocycles. The molecule has 2 aromatic rings. The second kappa shape index (κ2) is 8.11. The van der Waals surface area contributed by atoms with E-state index in [0.29, 0.717) is 5.76 Å². The standard InChI is InChI=1S/C18H22N4O5S/c1-13-5-3-6-14(2)21(13)28(25,26)18-11-15(22(23)24)8-9-17(18)20-19-12-16-7-4-10-27-16/h4,7-14,20H,3,5-6H2,1-2H3/b19-12-/t13-,14+. The number of anilines is 1. The first-order chi connectivity index (χ1) is 13.3. The molecule has 0 saturated carbocycles. The van der Waals surface area contributed by atoms with Crippen LogP contribution in [-0.2, 0) is 10.0 Å². The van der Waals surface area contributed by atoms with Gasteiger partial charge in [0.2, 0.25) is 10.0 Å². The Bertz CT molecular complexity index is 962. The Morgan fingerprint density at radius 2 is 2.00 bits per heavy atom. The van der Waals surface area contributed by atoms with Crippen LogP contribution >= 0.6 is 0 Å². The topological polar surface area (TPSA) is 118 Å². The van der Waals surface area contributed by atoms with E-state index in [1.54, 1.807) is 12.1 Å². The summed E-state index contributed by atoms with van der Waals surface area (Å²) >= 11 is 0. The van der Waals surface area contributed by atoms with Crippen LogP contribution in [0.25, 0.3) is 0 Å². The molecule has 0 aliphatic carbocycles. The van der Waals surface area contributed by atoms with Gasteiger partial charge in [0.25, 0.3) is 5.69 Å². The molecule has 1 aromatic heterocycles. The third-order valence-corrected chi connectivity index (χ3v) is 6.93. The van der Waals surface area contributed by atoms with E-state index in [1.165, 1.54) is 28.9 Å². The molecular weight excluding hydrogens is 384 g/mol. The van der Waals surface area contributed by atoms with Crippen molar-refractivity contribution in [3.8, 4) is 0 Å². The minimum Gasteiger partial charge on any atom is -0.463 e. The first-order valence-electron chi connectivity index (χ1n) is 8.95. The van der Waals surface area contributed by atoms with Crippen molar-refractivity contribution in [2.24, 2.45) is 5.10 Å². The Morgan fingerprint density at radius 1 is 1.29 bits per heavy atom. The highest BCUT2D eigenvalue weighted by Gasteiger charge is 2.37. The number of benzene rings is 1. The molecule has 0 bridgehead atoms. The second-order valence-corrected chi connectivity index (χ2v) is 8.60. The summed E-state index contributed by atoms with van der Waals surface area (Å²) in [6, 6.07) is 6.68. The van der Waals surface area contributed by atoms with Gasteiger partial charge in [0.05, 0.1) is 23.1 Å².